The first-order valence-electron chi connectivity index (χ1n) is 9.93. The minimum atomic E-state index is -0.651. The lowest BCUT2D eigenvalue weighted by molar-refractivity contribution is -0.122. The van der Waals surface area contributed by atoms with Gasteiger partial charge in [0, 0.05) is 44.5 Å². The molecule has 2 fully saturated rings. The first-order chi connectivity index (χ1) is 14.7. The monoisotopic (exact) mass is 411 g/mol. The summed E-state index contributed by atoms with van der Waals surface area (Å²) < 4.78 is 10.3. The van der Waals surface area contributed by atoms with E-state index >= 15 is 0 Å². The summed E-state index contributed by atoms with van der Waals surface area (Å²) in [5.41, 5.74) is 2.02. The van der Waals surface area contributed by atoms with Crippen molar-refractivity contribution < 1.29 is 19.1 Å². The van der Waals surface area contributed by atoms with Crippen molar-refractivity contribution in [2.45, 2.75) is 12.6 Å². The zero-order chi connectivity index (χ0) is 20.9. The Labute approximate surface area is 175 Å². The lowest BCUT2D eigenvalue weighted by atomic mass is 10.2. The molecule has 1 atom stereocenters. The summed E-state index contributed by atoms with van der Waals surface area (Å²) >= 11 is 0. The Hall–Kier alpha value is -3.49. The van der Waals surface area contributed by atoms with Gasteiger partial charge in [-0.25, -0.2) is 9.78 Å². The number of nitrogens with zero attached hydrogens (tertiary/aromatic N) is 3. The van der Waals surface area contributed by atoms with E-state index in [1.165, 1.54) is 0 Å². The summed E-state index contributed by atoms with van der Waals surface area (Å²) in [4.78, 5) is 32.5. The highest BCUT2D eigenvalue weighted by atomic mass is 16.6. The Morgan fingerprint density at radius 3 is 2.70 bits per heavy atom. The quantitative estimate of drug-likeness (QED) is 0.736. The number of nitrogens with one attached hydrogen (secondary N) is 2. The van der Waals surface area contributed by atoms with Gasteiger partial charge in [0.25, 0.3) is 0 Å². The second-order valence-electron chi connectivity index (χ2n) is 7.15. The highest BCUT2D eigenvalue weighted by molar-refractivity contribution is 5.87. The number of hydrogen-bond donors (Lipinski definition) is 2. The van der Waals surface area contributed by atoms with Gasteiger partial charge < -0.3 is 29.9 Å². The Morgan fingerprint density at radius 1 is 1.20 bits per heavy atom. The van der Waals surface area contributed by atoms with Crippen molar-refractivity contribution >= 4 is 23.5 Å². The summed E-state index contributed by atoms with van der Waals surface area (Å²) in [6.07, 6.45) is 1.20. The molecular weight excluding hydrogens is 386 g/mol. The number of rotatable bonds is 6. The van der Waals surface area contributed by atoms with Crippen molar-refractivity contribution in [2.24, 2.45) is 0 Å². The third kappa shape index (κ3) is 4.24. The topological polar surface area (TPSA) is 96.0 Å². The highest BCUT2D eigenvalue weighted by Crippen LogP contribution is 2.29. The van der Waals surface area contributed by atoms with E-state index in [2.05, 4.69) is 31.5 Å². The number of methoxy groups -OCH3 is 1. The molecule has 4 rings (SSSR count). The fourth-order valence-corrected chi connectivity index (χ4v) is 3.73. The number of piperazine rings is 1. The van der Waals surface area contributed by atoms with Crippen LogP contribution in [-0.4, -0.2) is 62.9 Å². The second kappa shape index (κ2) is 8.89. The number of benzene rings is 1. The normalized spacial score (nSPS) is 18.6. The fourth-order valence-electron chi connectivity index (χ4n) is 3.73. The van der Waals surface area contributed by atoms with E-state index in [0.717, 1.165) is 49.0 Å². The van der Waals surface area contributed by atoms with E-state index in [1.807, 2.05) is 30.3 Å². The molecule has 1 aromatic carbocycles. The van der Waals surface area contributed by atoms with Crippen LogP contribution in [0.5, 0.6) is 5.75 Å². The van der Waals surface area contributed by atoms with Crippen LogP contribution in [-0.2, 0) is 16.1 Å². The van der Waals surface area contributed by atoms with Gasteiger partial charge in [-0.05, 0) is 18.2 Å². The third-order valence-corrected chi connectivity index (χ3v) is 5.32. The van der Waals surface area contributed by atoms with Crippen LogP contribution in [0.15, 0.2) is 42.6 Å². The van der Waals surface area contributed by atoms with Gasteiger partial charge in [-0.3, -0.25) is 4.79 Å². The summed E-state index contributed by atoms with van der Waals surface area (Å²) in [6, 6.07) is 11.2. The van der Waals surface area contributed by atoms with Crippen LogP contribution in [0.2, 0.25) is 0 Å². The molecule has 9 heteroatoms. The van der Waals surface area contributed by atoms with Gasteiger partial charge in [-0.2, -0.15) is 0 Å². The number of cyclic esters (lactones) is 1. The predicted molar refractivity (Wildman–Crippen MR) is 112 cm³/mol. The van der Waals surface area contributed by atoms with Crippen LogP contribution in [0.3, 0.4) is 0 Å². The van der Waals surface area contributed by atoms with Crippen LogP contribution < -0.4 is 25.2 Å². The van der Waals surface area contributed by atoms with Gasteiger partial charge in [0.2, 0.25) is 5.91 Å². The molecule has 0 radical (unpaired) electrons. The molecule has 0 spiro atoms. The molecule has 30 heavy (non-hydrogen) atoms. The van der Waals surface area contributed by atoms with Crippen LogP contribution in [0.25, 0.3) is 0 Å². The smallest absolute Gasteiger partial charge is 0.407 e. The average Bonchev–Trinajstić information content (AvgIpc) is 3.24. The Bertz CT molecular complexity index is 914. The van der Waals surface area contributed by atoms with Gasteiger partial charge in [-0.1, -0.05) is 18.2 Å². The van der Waals surface area contributed by atoms with E-state index in [0.29, 0.717) is 6.54 Å². The van der Waals surface area contributed by atoms with E-state index in [9.17, 15) is 9.59 Å². The zero-order valence-electron chi connectivity index (χ0n) is 16.8. The Balaban J connectivity index is 1.38. The summed E-state index contributed by atoms with van der Waals surface area (Å²) in [7, 11) is 1.69. The molecule has 2 amide bonds. The number of hydrogen-bond acceptors (Lipinski definition) is 7. The van der Waals surface area contributed by atoms with Crippen molar-refractivity contribution in [3.63, 3.8) is 0 Å². The van der Waals surface area contributed by atoms with E-state index in [4.69, 9.17) is 9.47 Å². The number of carbonyl (C=O) groups excluding carboxylic acids is 2. The van der Waals surface area contributed by atoms with Gasteiger partial charge in [0.1, 0.15) is 24.2 Å². The van der Waals surface area contributed by atoms with Crippen molar-refractivity contribution in [3.05, 3.63) is 48.2 Å². The minimum Gasteiger partial charge on any atom is -0.495 e. The number of para-hydroxylation sites is 2. The molecule has 9 nitrogen and oxygen atoms in total. The van der Waals surface area contributed by atoms with Crippen LogP contribution >= 0.6 is 0 Å². The lowest BCUT2D eigenvalue weighted by Crippen LogP contribution is -2.47. The molecule has 3 heterocycles. The van der Waals surface area contributed by atoms with E-state index in [-0.39, 0.29) is 12.5 Å². The number of carbonyl (C=O) groups is 2. The molecular formula is C21H25N5O4. The number of pyridine rings is 1. The fraction of sp³-hybridized carbons (Fsp3) is 0.381. The van der Waals surface area contributed by atoms with Gasteiger partial charge in [-0.15, -0.1) is 0 Å². The van der Waals surface area contributed by atoms with E-state index < -0.39 is 12.1 Å². The molecule has 2 aliphatic rings. The maximum atomic E-state index is 12.3. The lowest BCUT2D eigenvalue weighted by Gasteiger charge is -2.37. The number of alkyl carbamates (subject to hydrolysis) is 1. The summed E-state index contributed by atoms with van der Waals surface area (Å²) in [5.74, 6) is 1.47. The molecule has 0 bridgehead atoms. The molecule has 2 aromatic rings. The molecule has 0 saturated carbocycles. The number of anilines is 2. The van der Waals surface area contributed by atoms with Crippen molar-refractivity contribution in [2.75, 3.05) is 49.7 Å². The minimum absolute atomic E-state index is 0.0511. The molecule has 0 unspecified atom stereocenters. The maximum absolute atomic E-state index is 12.3. The first-order valence-corrected chi connectivity index (χ1v) is 9.93. The molecule has 0 aliphatic carbocycles. The van der Waals surface area contributed by atoms with Crippen molar-refractivity contribution in [3.8, 4) is 5.75 Å². The summed E-state index contributed by atoms with van der Waals surface area (Å²) in [6.45, 7) is 3.68. The van der Waals surface area contributed by atoms with Gasteiger partial charge in [0.05, 0.1) is 12.8 Å². The van der Waals surface area contributed by atoms with Crippen LogP contribution in [0, 0.1) is 0 Å². The van der Waals surface area contributed by atoms with E-state index in [1.54, 1.807) is 13.3 Å². The maximum Gasteiger partial charge on any atom is 0.407 e. The largest absolute Gasteiger partial charge is 0.495 e. The second-order valence-corrected chi connectivity index (χ2v) is 7.15. The Kier molecular flexibility index (Phi) is 5.87. The zero-order valence-corrected chi connectivity index (χ0v) is 16.8. The number of aromatic nitrogens is 1. The standard InChI is InChI=1S/C21H25N5O4/c1-29-18-7-3-2-6-17(18)25-9-11-26(12-10-25)19-15(5-4-8-22-19)13-23-20(27)16-14-30-21(28)24-16/h2-8,16H,9-14H2,1H3,(H,23,27)(H,24,28)/t16-/m0/s1. The van der Waals surface area contributed by atoms with Crippen LogP contribution in [0.1, 0.15) is 5.56 Å². The highest BCUT2D eigenvalue weighted by Gasteiger charge is 2.29. The first kappa shape index (κ1) is 19.8. The molecule has 2 N–H and O–H groups in total. The van der Waals surface area contributed by atoms with Crippen molar-refractivity contribution in [1.29, 1.82) is 0 Å². The van der Waals surface area contributed by atoms with Crippen LogP contribution in [0.4, 0.5) is 16.3 Å². The van der Waals surface area contributed by atoms with Gasteiger partial charge in [0.15, 0.2) is 0 Å². The molecule has 2 saturated heterocycles. The Morgan fingerprint density at radius 2 is 1.97 bits per heavy atom. The van der Waals surface area contributed by atoms with Crippen molar-refractivity contribution in [1.82, 2.24) is 15.6 Å². The predicted octanol–water partition coefficient (Wildman–Crippen LogP) is 1.14. The molecule has 1 aromatic heterocycles. The average molecular weight is 411 g/mol. The summed E-state index contributed by atoms with van der Waals surface area (Å²) in [5, 5.41) is 5.35. The number of ether oxygens (including phenoxy) is 2. The number of amides is 2. The molecule has 2 aliphatic heterocycles. The SMILES string of the molecule is COc1ccccc1N1CCN(c2ncccc2CNC(=O)[C@@H]2COC(=O)N2)CC1. The third-order valence-electron chi connectivity index (χ3n) is 5.32. The van der Waals surface area contributed by atoms with Gasteiger partial charge >= 0.3 is 6.09 Å². The molecule has 158 valence electrons.